The summed E-state index contributed by atoms with van der Waals surface area (Å²) in [7, 11) is 0. The SMILES string of the molecule is Cc1ccc(CCCNC(C)CN2CCCC2)cc1. The lowest BCUT2D eigenvalue weighted by molar-refractivity contribution is 0.299. The molecule has 1 unspecified atom stereocenters. The highest BCUT2D eigenvalue weighted by molar-refractivity contribution is 5.21. The lowest BCUT2D eigenvalue weighted by Crippen LogP contribution is -2.38. The Morgan fingerprint density at radius 1 is 1.16 bits per heavy atom. The lowest BCUT2D eigenvalue weighted by Gasteiger charge is -2.21. The van der Waals surface area contributed by atoms with Crippen LogP contribution in [0.5, 0.6) is 0 Å². The number of rotatable bonds is 7. The van der Waals surface area contributed by atoms with E-state index in [0.717, 1.165) is 6.54 Å². The Morgan fingerprint density at radius 3 is 2.53 bits per heavy atom. The van der Waals surface area contributed by atoms with E-state index in [4.69, 9.17) is 0 Å². The molecule has 1 N–H and O–H groups in total. The van der Waals surface area contributed by atoms with Crippen molar-refractivity contribution in [2.75, 3.05) is 26.2 Å². The third kappa shape index (κ3) is 5.33. The summed E-state index contributed by atoms with van der Waals surface area (Å²) in [5, 5.41) is 3.65. The predicted molar refractivity (Wildman–Crippen MR) is 82.6 cm³/mol. The first-order valence-electron chi connectivity index (χ1n) is 7.75. The van der Waals surface area contributed by atoms with Gasteiger partial charge in [0.15, 0.2) is 0 Å². The Morgan fingerprint density at radius 2 is 1.84 bits per heavy atom. The largest absolute Gasteiger partial charge is 0.313 e. The average molecular weight is 260 g/mol. The summed E-state index contributed by atoms with van der Waals surface area (Å²) in [5.74, 6) is 0. The minimum absolute atomic E-state index is 0.621. The van der Waals surface area contributed by atoms with E-state index in [1.807, 2.05) is 0 Å². The minimum Gasteiger partial charge on any atom is -0.313 e. The van der Waals surface area contributed by atoms with Gasteiger partial charge in [0.1, 0.15) is 0 Å². The average Bonchev–Trinajstić information content (AvgIpc) is 2.89. The van der Waals surface area contributed by atoms with E-state index < -0.39 is 0 Å². The highest BCUT2D eigenvalue weighted by Gasteiger charge is 2.13. The van der Waals surface area contributed by atoms with E-state index in [1.54, 1.807) is 0 Å². The third-order valence-corrected chi connectivity index (χ3v) is 3.99. The number of nitrogens with zero attached hydrogens (tertiary/aromatic N) is 1. The Kier molecular flexibility index (Phi) is 5.87. The van der Waals surface area contributed by atoms with Crippen molar-refractivity contribution in [3.05, 3.63) is 35.4 Å². The minimum atomic E-state index is 0.621. The molecule has 1 aliphatic rings. The summed E-state index contributed by atoms with van der Waals surface area (Å²) in [6, 6.07) is 9.54. The molecular formula is C17H28N2. The van der Waals surface area contributed by atoms with Crippen LogP contribution in [0.2, 0.25) is 0 Å². The van der Waals surface area contributed by atoms with Gasteiger partial charge in [-0.05, 0) is 64.7 Å². The zero-order chi connectivity index (χ0) is 13.5. The normalized spacial score (nSPS) is 17.8. The van der Waals surface area contributed by atoms with Crippen molar-refractivity contribution < 1.29 is 0 Å². The van der Waals surface area contributed by atoms with Gasteiger partial charge < -0.3 is 10.2 Å². The number of nitrogens with one attached hydrogen (secondary N) is 1. The van der Waals surface area contributed by atoms with E-state index in [9.17, 15) is 0 Å². The van der Waals surface area contributed by atoms with Crippen LogP contribution in [0.4, 0.5) is 0 Å². The summed E-state index contributed by atoms with van der Waals surface area (Å²) < 4.78 is 0. The van der Waals surface area contributed by atoms with Crippen LogP contribution in [-0.4, -0.2) is 37.1 Å². The van der Waals surface area contributed by atoms with Gasteiger partial charge in [-0.25, -0.2) is 0 Å². The van der Waals surface area contributed by atoms with Gasteiger partial charge in [-0.3, -0.25) is 0 Å². The van der Waals surface area contributed by atoms with Crippen molar-refractivity contribution in [3.63, 3.8) is 0 Å². The second-order valence-electron chi connectivity index (χ2n) is 5.95. The van der Waals surface area contributed by atoms with Gasteiger partial charge >= 0.3 is 0 Å². The Balaban J connectivity index is 1.57. The zero-order valence-corrected chi connectivity index (χ0v) is 12.5. The van der Waals surface area contributed by atoms with Crippen molar-refractivity contribution in [1.82, 2.24) is 10.2 Å². The first-order chi connectivity index (χ1) is 9.24. The van der Waals surface area contributed by atoms with Gasteiger partial charge in [0.05, 0.1) is 0 Å². The number of hydrogen-bond acceptors (Lipinski definition) is 2. The predicted octanol–water partition coefficient (Wildman–Crippen LogP) is 3.00. The smallest absolute Gasteiger partial charge is 0.0166 e. The van der Waals surface area contributed by atoms with Crippen LogP contribution in [0.15, 0.2) is 24.3 Å². The van der Waals surface area contributed by atoms with E-state index in [2.05, 4.69) is 48.3 Å². The Hall–Kier alpha value is -0.860. The van der Waals surface area contributed by atoms with Crippen LogP contribution in [-0.2, 0) is 6.42 Å². The summed E-state index contributed by atoms with van der Waals surface area (Å²) >= 11 is 0. The van der Waals surface area contributed by atoms with Crippen molar-refractivity contribution in [1.29, 1.82) is 0 Å². The van der Waals surface area contributed by atoms with E-state index >= 15 is 0 Å². The summed E-state index contributed by atoms with van der Waals surface area (Å²) in [6.45, 7) is 9.40. The first kappa shape index (κ1) is 14.5. The van der Waals surface area contributed by atoms with E-state index in [1.165, 1.54) is 56.4 Å². The molecule has 0 amide bonds. The second kappa shape index (κ2) is 7.66. The van der Waals surface area contributed by atoms with Gasteiger partial charge in [-0.2, -0.15) is 0 Å². The molecule has 19 heavy (non-hydrogen) atoms. The standard InChI is InChI=1S/C17H28N2/c1-15-7-9-17(10-8-15)6-5-11-18-16(2)14-19-12-3-4-13-19/h7-10,16,18H,3-6,11-14H2,1-2H3. The lowest BCUT2D eigenvalue weighted by atomic mass is 10.1. The van der Waals surface area contributed by atoms with Crippen LogP contribution in [0, 0.1) is 6.92 Å². The van der Waals surface area contributed by atoms with Crippen LogP contribution >= 0.6 is 0 Å². The topological polar surface area (TPSA) is 15.3 Å². The molecule has 1 aromatic carbocycles. The first-order valence-corrected chi connectivity index (χ1v) is 7.75. The maximum absolute atomic E-state index is 3.65. The quantitative estimate of drug-likeness (QED) is 0.758. The van der Waals surface area contributed by atoms with Crippen LogP contribution in [0.3, 0.4) is 0 Å². The fourth-order valence-corrected chi connectivity index (χ4v) is 2.81. The van der Waals surface area contributed by atoms with Crippen LogP contribution in [0.1, 0.15) is 37.3 Å². The molecule has 1 saturated heterocycles. The monoisotopic (exact) mass is 260 g/mol. The molecular weight excluding hydrogens is 232 g/mol. The molecule has 0 aliphatic carbocycles. The molecule has 0 bridgehead atoms. The zero-order valence-electron chi connectivity index (χ0n) is 12.5. The molecule has 0 aromatic heterocycles. The number of hydrogen-bond donors (Lipinski definition) is 1. The second-order valence-corrected chi connectivity index (χ2v) is 5.95. The number of aryl methyl sites for hydroxylation is 2. The summed E-state index contributed by atoms with van der Waals surface area (Å²) in [4.78, 5) is 2.58. The summed E-state index contributed by atoms with van der Waals surface area (Å²) in [5.41, 5.74) is 2.81. The Bertz CT molecular complexity index is 352. The van der Waals surface area contributed by atoms with Crippen molar-refractivity contribution in [3.8, 4) is 0 Å². The fourth-order valence-electron chi connectivity index (χ4n) is 2.81. The van der Waals surface area contributed by atoms with Gasteiger partial charge in [0, 0.05) is 12.6 Å². The number of likely N-dealkylation sites (tertiary alicyclic amines) is 1. The van der Waals surface area contributed by atoms with Crippen LogP contribution in [0.25, 0.3) is 0 Å². The van der Waals surface area contributed by atoms with E-state index in [0.29, 0.717) is 6.04 Å². The van der Waals surface area contributed by atoms with Gasteiger partial charge in [0.25, 0.3) is 0 Å². The molecule has 1 aliphatic heterocycles. The maximum atomic E-state index is 3.65. The molecule has 1 atom stereocenters. The van der Waals surface area contributed by atoms with Gasteiger partial charge in [-0.15, -0.1) is 0 Å². The van der Waals surface area contributed by atoms with Gasteiger partial charge in [0.2, 0.25) is 0 Å². The molecule has 1 fully saturated rings. The molecule has 0 spiro atoms. The maximum Gasteiger partial charge on any atom is 0.0166 e. The molecule has 2 nitrogen and oxygen atoms in total. The van der Waals surface area contributed by atoms with Crippen molar-refractivity contribution in [2.45, 2.75) is 45.6 Å². The molecule has 0 saturated carbocycles. The molecule has 106 valence electrons. The highest BCUT2D eigenvalue weighted by atomic mass is 15.2. The number of benzene rings is 1. The molecule has 2 rings (SSSR count). The fraction of sp³-hybridized carbons (Fsp3) is 0.647. The highest BCUT2D eigenvalue weighted by Crippen LogP contribution is 2.08. The van der Waals surface area contributed by atoms with Crippen LogP contribution < -0.4 is 5.32 Å². The molecule has 2 heteroatoms. The Labute approximate surface area is 118 Å². The summed E-state index contributed by atoms with van der Waals surface area (Å²) in [6.07, 6.45) is 5.19. The van der Waals surface area contributed by atoms with Crippen molar-refractivity contribution >= 4 is 0 Å². The molecule has 0 radical (unpaired) electrons. The van der Waals surface area contributed by atoms with E-state index in [-0.39, 0.29) is 0 Å². The van der Waals surface area contributed by atoms with Crippen molar-refractivity contribution in [2.24, 2.45) is 0 Å². The van der Waals surface area contributed by atoms with Gasteiger partial charge in [-0.1, -0.05) is 29.8 Å². The molecule has 1 aromatic rings. The molecule has 1 heterocycles. The third-order valence-electron chi connectivity index (χ3n) is 3.99.